The summed E-state index contributed by atoms with van der Waals surface area (Å²) in [4.78, 5) is 13.8. The van der Waals surface area contributed by atoms with Crippen molar-refractivity contribution in [3.05, 3.63) is 40.1 Å². The fourth-order valence-electron chi connectivity index (χ4n) is 1.28. The number of nitrogens with zero attached hydrogens (tertiary/aromatic N) is 3. The highest BCUT2D eigenvalue weighted by atomic mass is 16.6. The number of rotatable bonds is 7. The Morgan fingerprint density at radius 2 is 2.42 bits per heavy atom. The minimum absolute atomic E-state index is 0.210. The van der Waals surface area contributed by atoms with Crippen molar-refractivity contribution in [1.82, 2.24) is 4.98 Å². The first-order valence-electron chi connectivity index (χ1n) is 5.56. The van der Waals surface area contributed by atoms with Crippen LogP contribution in [-0.4, -0.2) is 29.7 Å². The highest BCUT2D eigenvalue weighted by molar-refractivity contribution is 5.50. The molecule has 1 heterocycles. The van der Waals surface area contributed by atoms with Crippen LogP contribution < -0.4 is 5.32 Å². The molecule has 0 atom stereocenters. The first kappa shape index (κ1) is 14.6. The summed E-state index contributed by atoms with van der Waals surface area (Å²) in [5.41, 5.74) is 0.421. The highest BCUT2D eigenvalue weighted by Crippen LogP contribution is 2.17. The second kappa shape index (κ2) is 7.08. The van der Waals surface area contributed by atoms with Crippen molar-refractivity contribution < 1.29 is 9.66 Å². The van der Waals surface area contributed by atoms with Gasteiger partial charge >= 0.3 is 5.69 Å². The lowest BCUT2D eigenvalue weighted by Gasteiger charge is -2.06. The molecule has 0 aromatic carbocycles. The number of aromatic nitrogens is 1. The van der Waals surface area contributed by atoms with E-state index in [0.29, 0.717) is 25.6 Å². The summed E-state index contributed by atoms with van der Waals surface area (Å²) in [6, 6.07) is 4.41. The number of anilines is 1. The van der Waals surface area contributed by atoms with Gasteiger partial charge in [-0.3, -0.25) is 10.1 Å². The molecule has 19 heavy (non-hydrogen) atoms. The van der Waals surface area contributed by atoms with E-state index < -0.39 is 4.92 Å². The van der Waals surface area contributed by atoms with E-state index in [1.807, 2.05) is 6.92 Å². The van der Waals surface area contributed by atoms with Gasteiger partial charge < -0.3 is 10.1 Å². The maximum Gasteiger partial charge on any atom is 0.305 e. The quantitative estimate of drug-likeness (QED) is 0.348. The molecule has 7 heteroatoms. The average Bonchev–Trinajstić information content (AvgIpc) is 2.37. The predicted octanol–water partition coefficient (Wildman–Crippen LogP) is 1.87. The predicted molar refractivity (Wildman–Crippen MR) is 69.7 cm³/mol. The van der Waals surface area contributed by atoms with Gasteiger partial charge in [0.25, 0.3) is 0 Å². The molecule has 1 aromatic heterocycles. The van der Waals surface area contributed by atoms with Crippen LogP contribution in [0.1, 0.15) is 12.6 Å². The van der Waals surface area contributed by atoms with Crippen molar-refractivity contribution in [2.75, 3.05) is 25.1 Å². The fraction of sp³-hybridized carbons (Fsp3) is 0.333. The second-order valence-corrected chi connectivity index (χ2v) is 3.87. The van der Waals surface area contributed by atoms with Crippen molar-refractivity contribution in [2.24, 2.45) is 0 Å². The lowest BCUT2D eigenvalue weighted by Crippen LogP contribution is -2.11. The van der Waals surface area contributed by atoms with Crippen LogP contribution in [0.4, 0.5) is 11.5 Å². The standard InChI is InChI=1S/C12H14N4O3/c1-9(2)8-19-6-5-14-12-4-3-11(16(17)18)10(7-13)15-12/h3-4H,1,5-6,8H2,2H3,(H,14,15). The van der Waals surface area contributed by atoms with Crippen LogP contribution in [0.2, 0.25) is 0 Å². The second-order valence-electron chi connectivity index (χ2n) is 3.87. The fourth-order valence-corrected chi connectivity index (χ4v) is 1.28. The molecule has 0 bridgehead atoms. The van der Waals surface area contributed by atoms with Crippen LogP contribution in [0.3, 0.4) is 0 Å². The molecule has 7 nitrogen and oxygen atoms in total. The normalized spacial score (nSPS) is 9.68. The van der Waals surface area contributed by atoms with Crippen LogP contribution in [-0.2, 0) is 4.74 Å². The maximum absolute atomic E-state index is 10.6. The summed E-state index contributed by atoms with van der Waals surface area (Å²) in [5, 5.41) is 22.3. The number of nitrogens with one attached hydrogen (secondary N) is 1. The molecule has 0 aliphatic rings. The van der Waals surface area contributed by atoms with Crippen molar-refractivity contribution in [3.63, 3.8) is 0 Å². The molecule has 0 saturated heterocycles. The lowest BCUT2D eigenvalue weighted by molar-refractivity contribution is -0.385. The minimum atomic E-state index is -0.634. The number of nitro groups is 1. The van der Waals surface area contributed by atoms with Crippen molar-refractivity contribution in [3.8, 4) is 6.07 Å². The molecule has 0 fully saturated rings. The van der Waals surface area contributed by atoms with Gasteiger partial charge in [-0.1, -0.05) is 12.2 Å². The number of pyridine rings is 1. The SMILES string of the molecule is C=C(C)COCCNc1ccc([N+](=O)[O-])c(C#N)n1. The summed E-state index contributed by atoms with van der Waals surface area (Å²) in [6.45, 7) is 6.99. The molecule has 1 rings (SSSR count). The van der Waals surface area contributed by atoms with Gasteiger partial charge in [-0.2, -0.15) is 5.26 Å². The number of nitriles is 1. The van der Waals surface area contributed by atoms with E-state index in [9.17, 15) is 10.1 Å². The highest BCUT2D eigenvalue weighted by Gasteiger charge is 2.15. The van der Waals surface area contributed by atoms with Gasteiger partial charge in [0.2, 0.25) is 5.69 Å². The first-order chi connectivity index (χ1) is 9.04. The van der Waals surface area contributed by atoms with Gasteiger partial charge in [-0.15, -0.1) is 0 Å². The minimum Gasteiger partial charge on any atom is -0.375 e. The van der Waals surface area contributed by atoms with E-state index in [1.54, 1.807) is 6.07 Å². The first-order valence-corrected chi connectivity index (χ1v) is 5.56. The van der Waals surface area contributed by atoms with Gasteiger partial charge in [-0.05, 0) is 13.0 Å². The van der Waals surface area contributed by atoms with Crippen LogP contribution in [0.5, 0.6) is 0 Å². The monoisotopic (exact) mass is 262 g/mol. The van der Waals surface area contributed by atoms with Crippen LogP contribution in [0, 0.1) is 21.4 Å². The van der Waals surface area contributed by atoms with Gasteiger partial charge in [0, 0.05) is 12.6 Å². The molecular formula is C12H14N4O3. The Bertz CT molecular complexity index is 522. The Hall–Kier alpha value is -2.46. The summed E-state index contributed by atoms with van der Waals surface area (Å²) in [5.74, 6) is 0.404. The summed E-state index contributed by atoms with van der Waals surface area (Å²) < 4.78 is 5.27. The molecular weight excluding hydrogens is 248 g/mol. The third kappa shape index (κ3) is 4.73. The molecule has 0 radical (unpaired) electrons. The number of ether oxygens (including phenoxy) is 1. The zero-order valence-corrected chi connectivity index (χ0v) is 10.5. The van der Waals surface area contributed by atoms with Crippen LogP contribution >= 0.6 is 0 Å². The number of hydrogen-bond donors (Lipinski definition) is 1. The molecule has 0 spiro atoms. The Kier molecular flexibility index (Phi) is 5.44. The summed E-state index contributed by atoms with van der Waals surface area (Å²) >= 11 is 0. The smallest absolute Gasteiger partial charge is 0.305 e. The van der Waals surface area contributed by atoms with Gasteiger partial charge in [0.15, 0.2) is 0 Å². The average molecular weight is 262 g/mol. The topological polar surface area (TPSA) is 101 Å². The van der Waals surface area contributed by atoms with Gasteiger partial charge in [-0.25, -0.2) is 4.98 Å². The molecule has 0 aliphatic carbocycles. The molecule has 0 aliphatic heterocycles. The van der Waals surface area contributed by atoms with Crippen LogP contribution in [0.25, 0.3) is 0 Å². The number of hydrogen-bond acceptors (Lipinski definition) is 6. The van der Waals surface area contributed by atoms with E-state index in [2.05, 4.69) is 16.9 Å². The lowest BCUT2D eigenvalue weighted by atomic mass is 10.3. The Labute approximate surface area is 110 Å². The zero-order chi connectivity index (χ0) is 14.3. The Morgan fingerprint density at radius 1 is 1.68 bits per heavy atom. The van der Waals surface area contributed by atoms with Crippen molar-refractivity contribution >= 4 is 11.5 Å². The van der Waals surface area contributed by atoms with E-state index in [4.69, 9.17) is 10.00 Å². The van der Waals surface area contributed by atoms with E-state index in [0.717, 1.165) is 5.57 Å². The molecule has 1 N–H and O–H groups in total. The third-order valence-electron chi connectivity index (χ3n) is 2.08. The Morgan fingerprint density at radius 3 is 3.00 bits per heavy atom. The van der Waals surface area contributed by atoms with E-state index in [-0.39, 0.29) is 11.4 Å². The van der Waals surface area contributed by atoms with Crippen LogP contribution in [0.15, 0.2) is 24.3 Å². The third-order valence-corrected chi connectivity index (χ3v) is 2.08. The molecule has 0 amide bonds. The van der Waals surface area contributed by atoms with Crippen molar-refractivity contribution in [1.29, 1.82) is 5.26 Å². The van der Waals surface area contributed by atoms with E-state index >= 15 is 0 Å². The molecule has 0 unspecified atom stereocenters. The van der Waals surface area contributed by atoms with Gasteiger partial charge in [0.05, 0.1) is 18.1 Å². The zero-order valence-electron chi connectivity index (χ0n) is 10.5. The molecule has 1 aromatic rings. The largest absolute Gasteiger partial charge is 0.375 e. The Balaban J connectivity index is 2.54. The summed E-state index contributed by atoms with van der Waals surface area (Å²) in [6.07, 6.45) is 0. The summed E-state index contributed by atoms with van der Waals surface area (Å²) in [7, 11) is 0. The molecule has 0 saturated carbocycles. The maximum atomic E-state index is 10.6. The van der Waals surface area contributed by atoms with Crippen molar-refractivity contribution in [2.45, 2.75) is 6.92 Å². The van der Waals surface area contributed by atoms with Gasteiger partial charge in [0.1, 0.15) is 11.9 Å². The molecule has 100 valence electrons. The van der Waals surface area contributed by atoms with E-state index in [1.165, 1.54) is 12.1 Å².